The van der Waals surface area contributed by atoms with Gasteiger partial charge in [-0.3, -0.25) is 14.5 Å². The summed E-state index contributed by atoms with van der Waals surface area (Å²) < 4.78 is 5.34. The van der Waals surface area contributed by atoms with E-state index in [0.717, 1.165) is 18.6 Å². The Bertz CT molecular complexity index is 905. The van der Waals surface area contributed by atoms with Crippen molar-refractivity contribution in [1.29, 1.82) is 0 Å². The second kappa shape index (κ2) is 10.1. The highest BCUT2D eigenvalue weighted by Gasteiger charge is 2.37. The molecule has 8 heteroatoms. The van der Waals surface area contributed by atoms with Crippen molar-refractivity contribution in [2.24, 2.45) is 5.92 Å². The van der Waals surface area contributed by atoms with Crippen LogP contribution in [0.5, 0.6) is 0 Å². The van der Waals surface area contributed by atoms with Crippen LogP contribution in [0.25, 0.3) is 0 Å². The number of piperazine rings is 1. The van der Waals surface area contributed by atoms with Gasteiger partial charge in [0.2, 0.25) is 5.91 Å². The van der Waals surface area contributed by atoms with Crippen LogP contribution in [0.4, 0.5) is 0 Å². The molecule has 1 aromatic heterocycles. The van der Waals surface area contributed by atoms with Crippen LogP contribution in [0, 0.1) is 5.92 Å². The standard InChI is InChI=1S/C23H27Cl2N3O3/c24-19-8-7-17(14-20(19)25)23(30)28-11-9-27(10-12-28)21(16-4-1-2-5-16)22(29)26-15-18-6-3-13-31-18/h3,6-8,13-14,16,21H,1-2,4-5,9-12,15H2,(H,26,29)/t21-/m1/s1. The Balaban J connectivity index is 1.39. The summed E-state index contributed by atoms with van der Waals surface area (Å²) in [6.45, 7) is 2.89. The smallest absolute Gasteiger partial charge is 0.253 e. The maximum absolute atomic E-state index is 13.1. The highest BCUT2D eigenvalue weighted by molar-refractivity contribution is 6.42. The lowest BCUT2D eigenvalue weighted by atomic mass is 9.95. The van der Waals surface area contributed by atoms with Crippen molar-refractivity contribution in [2.75, 3.05) is 26.2 Å². The van der Waals surface area contributed by atoms with Gasteiger partial charge in [-0.1, -0.05) is 36.0 Å². The normalized spacial score (nSPS) is 18.8. The van der Waals surface area contributed by atoms with E-state index in [2.05, 4.69) is 10.2 Å². The Morgan fingerprint density at radius 3 is 2.45 bits per heavy atom. The predicted molar refractivity (Wildman–Crippen MR) is 120 cm³/mol. The van der Waals surface area contributed by atoms with Crippen LogP contribution >= 0.6 is 23.2 Å². The first-order valence-corrected chi connectivity index (χ1v) is 11.6. The molecule has 0 spiro atoms. The minimum Gasteiger partial charge on any atom is -0.467 e. The van der Waals surface area contributed by atoms with E-state index < -0.39 is 0 Å². The number of hydrogen-bond acceptors (Lipinski definition) is 4. The summed E-state index contributed by atoms with van der Waals surface area (Å²) in [7, 11) is 0. The number of nitrogens with one attached hydrogen (secondary N) is 1. The molecule has 2 aromatic rings. The molecule has 1 atom stereocenters. The molecule has 0 unspecified atom stereocenters. The minimum absolute atomic E-state index is 0.0487. The average molecular weight is 464 g/mol. The summed E-state index contributed by atoms with van der Waals surface area (Å²) in [5, 5.41) is 3.86. The van der Waals surface area contributed by atoms with Crippen LogP contribution in [-0.4, -0.2) is 53.8 Å². The Morgan fingerprint density at radius 1 is 1.06 bits per heavy atom. The Hall–Kier alpha value is -2.02. The highest BCUT2D eigenvalue weighted by atomic mass is 35.5. The third kappa shape index (κ3) is 5.25. The van der Waals surface area contributed by atoms with Crippen molar-refractivity contribution in [3.8, 4) is 0 Å². The van der Waals surface area contributed by atoms with Gasteiger partial charge in [-0.15, -0.1) is 0 Å². The van der Waals surface area contributed by atoms with Gasteiger partial charge in [0.25, 0.3) is 5.91 Å². The van der Waals surface area contributed by atoms with Gasteiger partial charge in [0.1, 0.15) is 5.76 Å². The molecule has 1 aliphatic carbocycles. The van der Waals surface area contributed by atoms with Crippen molar-refractivity contribution in [1.82, 2.24) is 15.1 Å². The van der Waals surface area contributed by atoms with E-state index in [1.807, 2.05) is 17.0 Å². The third-order valence-electron chi connectivity index (χ3n) is 6.29. The van der Waals surface area contributed by atoms with Gasteiger partial charge in [0, 0.05) is 31.7 Å². The quantitative estimate of drug-likeness (QED) is 0.696. The van der Waals surface area contributed by atoms with E-state index >= 15 is 0 Å². The molecule has 1 N–H and O–H groups in total. The maximum Gasteiger partial charge on any atom is 0.253 e. The number of amides is 2. The molecule has 6 nitrogen and oxygen atoms in total. The Kier molecular flexibility index (Phi) is 7.20. The number of rotatable bonds is 6. The molecule has 4 rings (SSSR count). The first kappa shape index (κ1) is 22.2. The maximum atomic E-state index is 13.1. The van der Waals surface area contributed by atoms with Gasteiger partial charge in [-0.2, -0.15) is 0 Å². The molecule has 31 heavy (non-hydrogen) atoms. The second-order valence-electron chi connectivity index (χ2n) is 8.24. The molecule has 166 valence electrons. The number of hydrogen-bond donors (Lipinski definition) is 1. The zero-order chi connectivity index (χ0) is 21.8. The van der Waals surface area contributed by atoms with Gasteiger partial charge < -0.3 is 14.6 Å². The number of nitrogens with zero attached hydrogens (tertiary/aromatic N) is 2. The minimum atomic E-state index is -0.167. The molecule has 1 aromatic carbocycles. The number of benzene rings is 1. The van der Waals surface area contributed by atoms with Crippen LogP contribution < -0.4 is 5.32 Å². The summed E-state index contributed by atoms with van der Waals surface area (Å²) in [4.78, 5) is 30.1. The molecule has 0 radical (unpaired) electrons. The number of carbonyl (C=O) groups excluding carboxylic acids is 2. The Morgan fingerprint density at radius 2 is 1.81 bits per heavy atom. The fourth-order valence-corrected chi connectivity index (χ4v) is 4.96. The summed E-state index contributed by atoms with van der Waals surface area (Å²) in [6.07, 6.45) is 6.09. The second-order valence-corrected chi connectivity index (χ2v) is 9.06. The van der Waals surface area contributed by atoms with Gasteiger partial charge >= 0.3 is 0 Å². The van der Waals surface area contributed by atoms with Crippen LogP contribution in [-0.2, 0) is 11.3 Å². The number of halogens is 2. The van der Waals surface area contributed by atoms with E-state index in [9.17, 15) is 9.59 Å². The molecule has 1 saturated heterocycles. The van der Waals surface area contributed by atoms with Crippen LogP contribution in [0.3, 0.4) is 0 Å². The zero-order valence-corrected chi connectivity index (χ0v) is 18.9. The van der Waals surface area contributed by atoms with Gasteiger partial charge in [-0.25, -0.2) is 0 Å². The summed E-state index contributed by atoms with van der Waals surface area (Å²) in [5.74, 6) is 1.09. The van der Waals surface area contributed by atoms with Crippen LogP contribution in [0.2, 0.25) is 10.0 Å². The largest absolute Gasteiger partial charge is 0.467 e. The van der Waals surface area contributed by atoms with Crippen molar-refractivity contribution >= 4 is 35.0 Å². The SMILES string of the molecule is O=C(NCc1ccco1)[C@@H](C1CCCC1)N1CCN(C(=O)c2ccc(Cl)c(Cl)c2)CC1. The molecular weight excluding hydrogens is 437 g/mol. The van der Waals surface area contributed by atoms with Crippen molar-refractivity contribution < 1.29 is 14.0 Å². The van der Waals surface area contributed by atoms with Crippen molar-refractivity contribution in [3.05, 3.63) is 58.0 Å². The van der Waals surface area contributed by atoms with Crippen molar-refractivity contribution in [3.63, 3.8) is 0 Å². The van der Waals surface area contributed by atoms with E-state index in [1.54, 1.807) is 24.5 Å². The van der Waals surface area contributed by atoms with E-state index in [4.69, 9.17) is 27.6 Å². The number of carbonyl (C=O) groups is 2. The lowest BCUT2D eigenvalue weighted by molar-refractivity contribution is -0.129. The molecule has 2 amide bonds. The average Bonchev–Trinajstić information content (AvgIpc) is 3.49. The monoisotopic (exact) mass is 463 g/mol. The van der Waals surface area contributed by atoms with Crippen molar-refractivity contribution in [2.45, 2.75) is 38.3 Å². The lowest BCUT2D eigenvalue weighted by Crippen LogP contribution is -2.57. The van der Waals surface area contributed by atoms with Crippen LogP contribution in [0.1, 0.15) is 41.8 Å². The fraction of sp³-hybridized carbons (Fsp3) is 0.478. The number of furan rings is 1. The van der Waals surface area contributed by atoms with Gasteiger partial charge in [0.15, 0.2) is 0 Å². The molecule has 0 bridgehead atoms. The first-order chi connectivity index (χ1) is 15.0. The summed E-state index contributed by atoms with van der Waals surface area (Å²) in [6, 6.07) is 8.47. The van der Waals surface area contributed by atoms with E-state index in [-0.39, 0.29) is 17.9 Å². The molecule has 1 aliphatic heterocycles. The topological polar surface area (TPSA) is 65.8 Å². The molecule has 2 aliphatic rings. The first-order valence-electron chi connectivity index (χ1n) is 10.8. The summed E-state index contributed by atoms with van der Waals surface area (Å²) >= 11 is 12.0. The predicted octanol–water partition coefficient (Wildman–Crippen LogP) is 4.22. The van der Waals surface area contributed by atoms with E-state index in [0.29, 0.717) is 54.3 Å². The lowest BCUT2D eigenvalue weighted by Gasteiger charge is -2.40. The summed E-state index contributed by atoms with van der Waals surface area (Å²) in [5.41, 5.74) is 0.534. The van der Waals surface area contributed by atoms with Gasteiger partial charge in [-0.05, 0) is 49.1 Å². The van der Waals surface area contributed by atoms with E-state index in [1.165, 1.54) is 12.8 Å². The fourth-order valence-electron chi connectivity index (χ4n) is 4.66. The zero-order valence-electron chi connectivity index (χ0n) is 17.4. The third-order valence-corrected chi connectivity index (χ3v) is 7.03. The molecule has 2 fully saturated rings. The van der Waals surface area contributed by atoms with Gasteiger partial charge in [0.05, 0.1) is 28.9 Å². The Labute approximate surface area is 192 Å². The van der Waals surface area contributed by atoms with Crippen LogP contribution in [0.15, 0.2) is 41.0 Å². The molecular formula is C23H27Cl2N3O3. The molecule has 2 heterocycles. The highest BCUT2D eigenvalue weighted by Crippen LogP contribution is 2.31. The molecule has 1 saturated carbocycles.